The van der Waals surface area contributed by atoms with Gasteiger partial charge in [0.25, 0.3) is 0 Å². The maximum atomic E-state index is 11.1. The number of carbonyl (C=O) groups excluding carboxylic acids is 1. The van der Waals surface area contributed by atoms with Crippen molar-refractivity contribution in [3.8, 4) is 0 Å². The van der Waals surface area contributed by atoms with Gasteiger partial charge in [0.2, 0.25) is 5.91 Å². The maximum absolute atomic E-state index is 11.1. The van der Waals surface area contributed by atoms with Gasteiger partial charge in [0, 0.05) is 20.2 Å². The van der Waals surface area contributed by atoms with Gasteiger partial charge < -0.3 is 21.1 Å². The predicted octanol–water partition coefficient (Wildman–Crippen LogP) is -0.937. The Labute approximate surface area is 90.3 Å². The van der Waals surface area contributed by atoms with E-state index in [1.807, 2.05) is 6.92 Å². The van der Waals surface area contributed by atoms with Crippen LogP contribution in [0.15, 0.2) is 4.99 Å². The number of amides is 1. The molecule has 0 atom stereocenters. The van der Waals surface area contributed by atoms with Crippen LogP contribution in [0.3, 0.4) is 0 Å². The molecule has 0 bridgehead atoms. The zero-order valence-electron chi connectivity index (χ0n) is 9.38. The summed E-state index contributed by atoms with van der Waals surface area (Å²) in [6.07, 6.45) is 0.914. The number of guanidine groups is 1. The molecule has 15 heavy (non-hydrogen) atoms. The predicted molar refractivity (Wildman–Crippen MR) is 59.7 cm³/mol. The number of carbonyl (C=O) groups is 1. The smallest absolute Gasteiger partial charge is 0.241 e. The van der Waals surface area contributed by atoms with E-state index in [-0.39, 0.29) is 18.4 Å². The van der Waals surface area contributed by atoms with E-state index in [0.717, 1.165) is 6.42 Å². The molecular weight excluding hydrogens is 196 g/mol. The van der Waals surface area contributed by atoms with E-state index in [4.69, 9.17) is 10.5 Å². The van der Waals surface area contributed by atoms with Crippen molar-refractivity contribution >= 4 is 11.9 Å². The van der Waals surface area contributed by atoms with Gasteiger partial charge in [-0.1, -0.05) is 6.92 Å². The Kier molecular flexibility index (Phi) is 8.46. The first-order valence-electron chi connectivity index (χ1n) is 5.00. The third-order valence-electron chi connectivity index (χ3n) is 1.58. The van der Waals surface area contributed by atoms with Crippen molar-refractivity contribution in [2.45, 2.75) is 13.3 Å². The highest BCUT2D eigenvalue weighted by Gasteiger charge is 1.98. The number of methoxy groups -OCH3 is 1. The molecule has 6 nitrogen and oxygen atoms in total. The summed E-state index contributed by atoms with van der Waals surface area (Å²) < 4.78 is 4.82. The summed E-state index contributed by atoms with van der Waals surface area (Å²) in [4.78, 5) is 15.0. The second kappa shape index (κ2) is 9.26. The highest BCUT2D eigenvalue weighted by atomic mass is 16.5. The number of rotatable bonds is 7. The molecule has 0 fully saturated rings. The Hall–Kier alpha value is -1.30. The molecule has 88 valence electrons. The summed E-state index contributed by atoms with van der Waals surface area (Å²) >= 11 is 0. The molecule has 1 amide bonds. The van der Waals surface area contributed by atoms with Gasteiger partial charge >= 0.3 is 0 Å². The highest BCUT2D eigenvalue weighted by Crippen LogP contribution is 1.75. The number of nitrogens with two attached hydrogens (primary N) is 1. The molecule has 0 rings (SSSR count). The summed E-state index contributed by atoms with van der Waals surface area (Å²) in [5.74, 6) is 0.145. The highest BCUT2D eigenvalue weighted by molar-refractivity contribution is 5.83. The van der Waals surface area contributed by atoms with Gasteiger partial charge in [-0.2, -0.15) is 0 Å². The monoisotopic (exact) mass is 216 g/mol. The number of nitrogens with one attached hydrogen (secondary N) is 2. The normalized spacial score (nSPS) is 11.2. The van der Waals surface area contributed by atoms with Crippen molar-refractivity contribution < 1.29 is 9.53 Å². The summed E-state index contributed by atoms with van der Waals surface area (Å²) in [6.45, 7) is 3.86. The van der Waals surface area contributed by atoms with Crippen LogP contribution in [0.25, 0.3) is 0 Å². The average molecular weight is 216 g/mol. The van der Waals surface area contributed by atoms with Crippen molar-refractivity contribution in [1.29, 1.82) is 0 Å². The summed E-state index contributed by atoms with van der Waals surface area (Å²) in [7, 11) is 1.60. The molecule has 0 saturated heterocycles. The molecule has 0 aromatic heterocycles. The van der Waals surface area contributed by atoms with E-state index in [1.165, 1.54) is 0 Å². The minimum Gasteiger partial charge on any atom is -0.383 e. The van der Waals surface area contributed by atoms with Crippen molar-refractivity contribution in [2.24, 2.45) is 10.7 Å². The van der Waals surface area contributed by atoms with E-state index in [1.54, 1.807) is 7.11 Å². The molecule has 0 aliphatic heterocycles. The lowest BCUT2D eigenvalue weighted by Crippen LogP contribution is -2.35. The first kappa shape index (κ1) is 13.7. The van der Waals surface area contributed by atoms with Crippen LogP contribution < -0.4 is 16.4 Å². The molecule has 4 N–H and O–H groups in total. The maximum Gasteiger partial charge on any atom is 0.241 e. The number of hydrogen-bond acceptors (Lipinski definition) is 3. The van der Waals surface area contributed by atoms with E-state index in [0.29, 0.717) is 19.7 Å². The first-order chi connectivity index (χ1) is 7.20. The summed E-state index contributed by atoms with van der Waals surface area (Å²) in [5.41, 5.74) is 5.49. The Bertz CT molecular complexity index is 206. The van der Waals surface area contributed by atoms with E-state index in [2.05, 4.69) is 15.6 Å². The Balaban J connectivity index is 3.59. The van der Waals surface area contributed by atoms with Crippen molar-refractivity contribution in [3.05, 3.63) is 0 Å². The van der Waals surface area contributed by atoms with Gasteiger partial charge in [0.05, 0.1) is 6.61 Å². The fourth-order valence-corrected chi connectivity index (χ4v) is 0.814. The summed E-state index contributed by atoms with van der Waals surface area (Å²) in [6, 6.07) is 0. The third-order valence-corrected chi connectivity index (χ3v) is 1.58. The SMILES string of the molecule is CCCNC(=O)CN=C(N)NCCOC. The van der Waals surface area contributed by atoms with Gasteiger partial charge in [0.15, 0.2) is 5.96 Å². The second-order valence-corrected chi connectivity index (χ2v) is 2.97. The Morgan fingerprint density at radius 3 is 2.73 bits per heavy atom. The fraction of sp³-hybridized carbons (Fsp3) is 0.778. The Morgan fingerprint density at radius 2 is 2.13 bits per heavy atom. The zero-order chi connectivity index (χ0) is 11.5. The van der Waals surface area contributed by atoms with Gasteiger partial charge in [-0.05, 0) is 6.42 Å². The molecule has 0 aromatic carbocycles. The Morgan fingerprint density at radius 1 is 1.40 bits per heavy atom. The number of ether oxygens (including phenoxy) is 1. The average Bonchev–Trinajstić information content (AvgIpc) is 2.24. The molecular formula is C9H20N4O2. The topological polar surface area (TPSA) is 88.7 Å². The lowest BCUT2D eigenvalue weighted by atomic mass is 10.4. The van der Waals surface area contributed by atoms with Crippen molar-refractivity contribution in [1.82, 2.24) is 10.6 Å². The molecule has 0 spiro atoms. The van der Waals surface area contributed by atoms with Gasteiger partial charge in [-0.3, -0.25) is 4.79 Å². The zero-order valence-corrected chi connectivity index (χ0v) is 9.38. The van der Waals surface area contributed by atoms with Crippen LogP contribution in [-0.4, -0.2) is 45.2 Å². The van der Waals surface area contributed by atoms with Crippen LogP contribution in [0.4, 0.5) is 0 Å². The van der Waals surface area contributed by atoms with Gasteiger partial charge in [0.1, 0.15) is 6.54 Å². The van der Waals surface area contributed by atoms with Crippen LogP contribution in [0.5, 0.6) is 0 Å². The number of aliphatic imine (C=N–C) groups is 1. The van der Waals surface area contributed by atoms with Crippen molar-refractivity contribution in [2.75, 3.05) is 33.4 Å². The molecule has 0 radical (unpaired) electrons. The quantitative estimate of drug-likeness (QED) is 0.291. The van der Waals surface area contributed by atoms with Gasteiger partial charge in [-0.25, -0.2) is 4.99 Å². The lowest BCUT2D eigenvalue weighted by molar-refractivity contribution is -0.119. The van der Waals surface area contributed by atoms with Crippen molar-refractivity contribution in [3.63, 3.8) is 0 Å². The van der Waals surface area contributed by atoms with Crippen LogP contribution in [0.1, 0.15) is 13.3 Å². The minimum absolute atomic E-state index is 0.0613. The molecule has 0 aliphatic rings. The molecule has 0 unspecified atom stereocenters. The van der Waals surface area contributed by atoms with Crippen LogP contribution in [0, 0.1) is 0 Å². The fourth-order valence-electron chi connectivity index (χ4n) is 0.814. The van der Waals surface area contributed by atoms with E-state index < -0.39 is 0 Å². The van der Waals surface area contributed by atoms with Gasteiger partial charge in [-0.15, -0.1) is 0 Å². The minimum atomic E-state index is -0.117. The molecule has 0 aromatic rings. The number of nitrogens with zero attached hydrogens (tertiary/aromatic N) is 1. The van der Waals surface area contributed by atoms with Crippen LogP contribution in [-0.2, 0) is 9.53 Å². The number of hydrogen-bond donors (Lipinski definition) is 3. The van der Waals surface area contributed by atoms with E-state index >= 15 is 0 Å². The van der Waals surface area contributed by atoms with Crippen LogP contribution >= 0.6 is 0 Å². The molecule has 0 aliphatic carbocycles. The third kappa shape index (κ3) is 9.01. The first-order valence-corrected chi connectivity index (χ1v) is 5.00. The molecule has 6 heteroatoms. The molecule has 0 saturated carbocycles. The lowest BCUT2D eigenvalue weighted by Gasteiger charge is -2.04. The van der Waals surface area contributed by atoms with E-state index in [9.17, 15) is 4.79 Å². The standard InChI is InChI=1S/C9H20N4O2/c1-3-4-11-8(14)7-13-9(10)12-5-6-15-2/h3-7H2,1-2H3,(H,11,14)(H3,10,12,13). The largest absolute Gasteiger partial charge is 0.383 e. The van der Waals surface area contributed by atoms with Crippen LogP contribution in [0.2, 0.25) is 0 Å². The second-order valence-electron chi connectivity index (χ2n) is 2.97. The summed E-state index contributed by atoms with van der Waals surface area (Å²) in [5, 5.41) is 5.52. The molecule has 0 heterocycles.